The molecule has 92 valence electrons. The molecular formula is C11H16N4O2. The minimum absolute atomic E-state index is 0.00947. The maximum absolute atomic E-state index is 10.5. The van der Waals surface area contributed by atoms with Gasteiger partial charge in [-0.05, 0) is 26.2 Å². The van der Waals surface area contributed by atoms with Crippen LogP contribution in [0.3, 0.4) is 0 Å². The van der Waals surface area contributed by atoms with Crippen molar-refractivity contribution in [3.63, 3.8) is 0 Å². The Kier molecular flexibility index (Phi) is 2.73. The second-order valence-corrected chi connectivity index (χ2v) is 5.23. The van der Waals surface area contributed by atoms with Gasteiger partial charge in [0.2, 0.25) is 5.95 Å². The standard InChI is InChI=1S/C11H16N4O2/c1-8-4-11(2,3)14(7-8)10-12-5-9(6-13-10)15(16)17/h5-6,8H,4,7H2,1-3H3. The van der Waals surface area contributed by atoms with Crippen LogP contribution in [-0.2, 0) is 0 Å². The van der Waals surface area contributed by atoms with Crippen molar-refractivity contribution in [2.75, 3.05) is 11.4 Å². The van der Waals surface area contributed by atoms with Crippen LogP contribution in [0.15, 0.2) is 12.4 Å². The molecule has 6 heteroatoms. The summed E-state index contributed by atoms with van der Waals surface area (Å²) in [4.78, 5) is 20.3. The van der Waals surface area contributed by atoms with Crippen LogP contribution >= 0.6 is 0 Å². The lowest BCUT2D eigenvalue weighted by Gasteiger charge is -2.31. The molecule has 1 fully saturated rings. The first kappa shape index (κ1) is 11.8. The summed E-state index contributed by atoms with van der Waals surface area (Å²) in [5.74, 6) is 1.16. The molecule has 0 aliphatic carbocycles. The first-order chi connectivity index (χ1) is 7.90. The molecule has 2 heterocycles. The Labute approximate surface area is 99.8 Å². The van der Waals surface area contributed by atoms with E-state index >= 15 is 0 Å². The van der Waals surface area contributed by atoms with Gasteiger partial charge >= 0.3 is 5.69 Å². The van der Waals surface area contributed by atoms with Crippen molar-refractivity contribution >= 4 is 11.6 Å². The topological polar surface area (TPSA) is 72.2 Å². The van der Waals surface area contributed by atoms with Crippen molar-refractivity contribution in [3.8, 4) is 0 Å². The molecule has 1 aliphatic rings. The van der Waals surface area contributed by atoms with Gasteiger partial charge in [0.25, 0.3) is 0 Å². The third kappa shape index (κ3) is 2.20. The molecule has 2 rings (SSSR count). The van der Waals surface area contributed by atoms with Crippen LogP contribution in [0.1, 0.15) is 27.2 Å². The Balaban J connectivity index is 2.26. The Morgan fingerprint density at radius 1 is 1.47 bits per heavy atom. The number of hydrogen-bond acceptors (Lipinski definition) is 5. The smallest absolute Gasteiger partial charge is 0.305 e. The quantitative estimate of drug-likeness (QED) is 0.580. The lowest BCUT2D eigenvalue weighted by atomic mass is 9.98. The number of aromatic nitrogens is 2. The van der Waals surface area contributed by atoms with Crippen LogP contribution < -0.4 is 4.90 Å². The van der Waals surface area contributed by atoms with Gasteiger partial charge in [-0.25, -0.2) is 9.97 Å². The molecule has 0 spiro atoms. The van der Waals surface area contributed by atoms with Gasteiger partial charge in [0.1, 0.15) is 12.4 Å². The van der Waals surface area contributed by atoms with Gasteiger partial charge in [-0.15, -0.1) is 0 Å². The molecule has 1 aliphatic heterocycles. The van der Waals surface area contributed by atoms with Crippen molar-refractivity contribution in [1.29, 1.82) is 0 Å². The van der Waals surface area contributed by atoms with E-state index in [1.165, 1.54) is 12.4 Å². The normalized spacial score (nSPS) is 22.8. The molecular weight excluding hydrogens is 220 g/mol. The summed E-state index contributed by atoms with van der Waals surface area (Å²) in [6.07, 6.45) is 3.61. The summed E-state index contributed by atoms with van der Waals surface area (Å²) in [6, 6.07) is 0. The fourth-order valence-corrected chi connectivity index (χ4v) is 2.49. The number of nitro groups is 1. The molecule has 1 unspecified atom stereocenters. The average molecular weight is 236 g/mol. The Morgan fingerprint density at radius 3 is 2.47 bits per heavy atom. The lowest BCUT2D eigenvalue weighted by molar-refractivity contribution is -0.385. The van der Waals surface area contributed by atoms with Gasteiger partial charge in [-0.2, -0.15) is 0 Å². The fourth-order valence-electron chi connectivity index (χ4n) is 2.49. The van der Waals surface area contributed by atoms with E-state index in [2.05, 4.69) is 35.6 Å². The zero-order valence-corrected chi connectivity index (χ0v) is 10.3. The van der Waals surface area contributed by atoms with E-state index in [0.29, 0.717) is 11.9 Å². The van der Waals surface area contributed by atoms with Crippen molar-refractivity contribution in [1.82, 2.24) is 9.97 Å². The number of hydrogen-bond donors (Lipinski definition) is 0. The molecule has 1 atom stereocenters. The predicted molar refractivity (Wildman–Crippen MR) is 63.9 cm³/mol. The minimum Gasteiger partial charge on any atom is -0.335 e. The summed E-state index contributed by atoms with van der Waals surface area (Å²) >= 11 is 0. The minimum atomic E-state index is -0.485. The van der Waals surface area contributed by atoms with Crippen LogP contribution in [0.5, 0.6) is 0 Å². The molecule has 0 bridgehead atoms. The summed E-state index contributed by atoms with van der Waals surface area (Å²) in [5, 5.41) is 10.5. The highest BCUT2D eigenvalue weighted by atomic mass is 16.6. The Bertz CT molecular complexity index is 430. The summed E-state index contributed by atoms with van der Waals surface area (Å²) in [6.45, 7) is 7.36. The lowest BCUT2D eigenvalue weighted by Crippen LogP contribution is -2.39. The maximum atomic E-state index is 10.5. The number of nitrogens with zero attached hydrogens (tertiary/aromatic N) is 4. The van der Waals surface area contributed by atoms with Crippen LogP contribution in [-0.4, -0.2) is 27.0 Å². The third-order valence-electron chi connectivity index (χ3n) is 3.15. The van der Waals surface area contributed by atoms with Gasteiger partial charge in [-0.3, -0.25) is 10.1 Å². The fraction of sp³-hybridized carbons (Fsp3) is 0.636. The van der Waals surface area contributed by atoms with Crippen molar-refractivity contribution < 1.29 is 4.92 Å². The molecule has 0 N–H and O–H groups in total. The zero-order valence-electron chi connectivity index (χ0n) is 10.3. The molecule has 0 aromatic carbocycles. The molecule has 0 radical (unpaired) electrons. The van der Waals surface area contributed by atoms with E-state index in [1.54, 1.807) is 0 Å². The van der Waals surface area contributed by atoms with Crippen LogP contribution in [0.2, 0.25) is 0 Å². The SMILES string of the molecule is CC1CN(c2ncc([N+](=O)[O-])cn2)C(C)(C)C1. The van der Waals surface area contributed by atoms with Crippen molar-refractivity contribution in [3.05, 3.63) is 22.5 Å². The van der Waals surface area contributed by atoms with E-state index in [-0.39, 0.29) is 11.2 Å². The third-order valence-corrected chi connectivity index (χ3v) is 3.15. The zero-order chi connectivity index (χ0) is 12.6. The van der Waals surface area contributed by atoms with Gasteiger partial charge < -0.3 is 4.90 Å². The van der Waals surface area contributed by atoms with Crippen molar-refractivity contribution in [2.24, 2.45) is 5.92 Å². The van der Waals surface area contributed by atoms with Gasteiger partial charge in [0.05, 0.1) is 4.92 Å². The first-order valence-corrected chi connectivity index (χ1v) is 5.64. The van der Waals surface area contributed by atoms with Gasteiger partial charge in [0, 0.05) is 12.1 Å². The molecule has 17 heavy (non-hydrogen) atoms. The maximum Gasteiger partial charge on any atom is 0.305 e. The van der Waals surface area contributed by atoms with E-state index < -0.39 is 4.92 Å². The van der Waals surface area contributed by atoms with E-state index in [1.807, 2.05) is 0 Å². The second-order valence-electron chi connectivity index (χ2n) is 5.23. The second kappa shape index (κ2) is 3.94. The van der Waals surface area contributed by atoms with Crippen LogP contribution in [0, 0.1) is 16.0 Å². The molecule has 0 saturated carbocycles. The van der Waals surface area contributed by atoms with E-state index in [4.69, 9.17) is 0 Å². The molecule has 1 aromatic rings. The Hall–Kier alpha value is -1.72. The molecule has 1 saturated heterocycles. The molecule has 1 aromatic heterocycles. The number of rotatable bonds is 2. The highest BCUT2D eigenvalue weighted by Gasteiger charge is 2.37. The first-order valence-electron chi connectivity index (χ1n) is 5.64. The summed E-state index contributed by atoms with van der Waals surface area (Å²) < 4.78 is 0. The average Bonchev–Trinajstić information content (AvgIpc) is 2.52. The molecule has 6 nitrogen and oxygen atoms in total. The monoisotopic (exact) mass is 236 g/mol. The van der Waals surface area contributed by atoms with Crippen LogP contribution in [0.4, 0.5) is 11.6 Å². The van der Waals surface area contributed by atoms with E-state index in [0.717, 1.165) is 13.0 Å². The number of anilines is 1. The Morgan fingerprint density at radius 2 is 2.06 bits per heavy atom. The van der Waals surface area contributed by atoms with Crippen LogP contribution in [0.25, 0.3) is 0 Å². The van der Waals surface area contributed by atoms with Crippen molar-refractivity contribution in [2.45, 2.75) is 32.7 Å². The largest absolute Gasteiger partial charge is 0.335 e. The summed E-state index contributed by atoms with van der Waals surface area (Å²) in [5.41, 5.74) is -0.0611. The van der Waals surface area contributed by atoms with Gasteiger partial charge in [0.15, 0.2) is 0 Å². The van der Waals surface area contributed by atoms with Gasteiger partial charge in [-0.1, -0.05) is 6.92 Å². The van der Waals surface area contributed by atoms with E-state index in [9.17, 15) is 10.1 Å². The summed E-state index contributed by atoms with van der Waals surface area (Å²) in [7, 11) is 0. The molecule has 0 amide bonds. The predicted octanol–water partition coefficient (Wildman–Crippen LogP) is 2.01. The highest BCUT2D eigenvalue weighted by molar-refractivity contribution is 5.39. The highest BCUT2D eigenvalue weighted by Crippen LogP contribution is 2.34.